The molecule has 104 valence electrons. The monoisotopic (exact) mass is 287 g/mol. The first-order chi connectivity index (χ1) is 9.76. The van der Waals surface area contributed by atoms with Gasteiger partial charge in [-0.25, -0.2) is 0 Å². The molecule has 3 rings (SSSR count). The highest BCUT2D eigenvalue weighted by Gasteiger charge is 2.15. The van der Waals surface area contributed by atoms with Crippen LogP contribution in [0.25, 0.3) is 0 Å². The van der Waals surface area contributed by atoms with Crippen molar-refractivity contribution in [3.8, 4) is 11.5 Å². The molecule has 0 aliphatic carbocycles. The van der Waals surface area contributed by atoms with Crippen LogP contribution in [0.3, 0.4) is 0 Å². The maximum absolute atomic E-state index is 5.42. The summed E-state index contributed by atoms with van der Waals surface area (Å²) in [5, 5.41) is 3.50. The fourth-order valence-corrected chi connectivity index (χ4v) is 2.61. The molecule has 0 radical (unpaired) electrons. The molecule has 3 nitrogen and oxygen atoms in total. The first-order valence-corrected chi connectivity index (χ1v) is 7.79. The number of hydrogen-bond acceptors (Lipinski definition) is 4. The Hall–Kier alpha value is -1.81. The maximum atomic E-state index is 5.42. The SMILES string of the molecule is CSc1ccc(NC(C)c2ccc3c(c2)OCO3)cc1. The second-order valence-corrected chi connectivity index (χ2v) is 5.59. The highest BCUT2D eigenvalue weighted by Crippen LogP contribution is 2.34. The fourth-order valence-electron chi connectivity index (χ4n) is 2.20. The van der Waals surface area contributed by atoms with E-state index in [9.17, 15) is 0 Å². The molecule has 0 bridgehead atoms. The number of anilines is 1. The zero-order chi connectivity index (χ0) is 13.9. The average Bonchev–Trinajstić information content (AvgIpc) is 2.95. The van der Waals surface area contributed by atoms with Gasteiger partial charge in [-0.3, -0.25) is 0 Å². The molecule has 0 fully saturated rings. The molecule has 0 saturated carbocycles. The molecule has 2 aromatic rings. The van der Waals surface area contributed by atoms with Gasteiger partial charge in [0, 0.05) is 16.6 Å². The number of benzene rings is 2. The number of nitrogens with one attached hydrogen (secondary N) is 1. The summed E-state index contributed by atoms with van der Waals surface area (Å²) in [6.45, 7) is 2.46. The summed E-state index contributed by atoms with van der Waals surface area (Å²) in [5.41, 5.74) is 2.30. The Morgan fingerprint density at radius 3 is 2.55 bits per heavy atom. The summed E-state index contributed by atoms with van der Waals surface area (Å²) >= 11 is 1.75. The first kappa shape index (κ1) is 13.2. The van der Waals surface area contributed by atoms with Crippen molar-refractivity contribution in [2.24, 2.45) is 0 Å². The van der Waals surface area contributed by atoms with Crippen molar-refractivity contribution < 1.29 is 9.47 Å². The Morgan fingerprint density at radius 1 is 1.05 bits per heavy atom. The number of ether oxygens (including phenoxy) is 2. The second-order valence-electron chi connectivity index (χ2n) is 4.71. The van der Waals surface area contributed by atoms with Gasteiger partial charge in [-0.15, -0.1) is 11.8 Å². The van der Waals surface area contributed by atoms with Crippen molar-refractivity contribution in [1.82, 2.24) is 0 Å². The highest BCUT2D eigenvalue weighted by molar-refractivity contribution is 7.98. The summed E-state index contributed by atoms with van der Waals surface area (Å²) in [4.78, 5) is 1.27. The molecule has 1 unspecified atom stereocenters. The molecule has 1 aliphatic rings. The molecular formula is C16H17NO2S. The molecule has 20 heavy (non-hydrogen) atoms. The van der Waals surface area contributed by atoms with Crippen molar-refractivity contribution in [2.75, 3.05) is 18.4 Å². The van der Waals surface area contributed by atoms with Crippen LogP contribution < -0.4 is 14.8 Å². The number of rotatable bonds is 4. The van der Waals surface area contributed by atoms with Crippen LogP contribution >= 0.6 is 11.8 Å². The predicted molar refractivity (Wildman–Crippen MR) is 82.8 cm³/mol. The maximum Gasteiger partial charge on any atom is 0.231 e. The van der Waals surface area contributed by atoms with E-state index in [1.54, 1.807) is 11.8 Å². The lowest BCUT2D eigenvalue weighted by atomic mass is 10.1. The van der Waals surface area contributed by atoms with Gasteiger partial charge in [0.2, 0.25) is 6.79 Å². The fraction of sp³-hybridized carbons (Fsp3) is 0.250. The molecule has 1 aliphatic heterocycles. The van der Waals surface area contributed by atoms with Gasteiger partial charge >= 0.3 is 0 Å². The average molecular weight is 287 g/mol. The zero-order valence-electron chi connectivity index (χ0n) is 11.6. The molecular weight excluding hydrogens is 270 g/mol. The van der Waals surface area contributed by atoms with Crippen LogP contribution in [0.2, 0.25) is 0 Å². The summed E-state index contributed by atoms with van der Waals surface area (Å²) in [6.07, 6.45) is 2.08. The Bertz CT molecular complexity index is 598. The third-order valence-corrected chi connectivity index (χ3v) is 4.11. The Kier molecular flexibility index (Phi) is 3.74. The Morgan fingerprint density at radius 2 is 1.80 bits per heavy atom. The third kappa shape index (κ3) is 2.70. The van der Waals surface area contributed by atoms with Gasteiger partial charge in [0.05, 0.1) is 0 Å². The Balaban J connectivity index is 1.73. The van der Waals surface area contributed by atoms with Crippen LogP contribution in [-0.2, 0) is 0 Å². The van der Waals surface area contributed by atoms with E-state index >= 15 is 0 Å². The second kappa shape index (κ2) is 5.67. The third-order valence-electron chi connectivity index (χ3n) is 3.37. The predicted octanol–water partition coefficient (Wildman–Crippen LogP) is 4.31. The van der Waals surface area contributed by atoms with Gasteiger partial charge in [0.25, 0.3) is 0 Å². The van der Waals surface area contributed by atoms with Crippen LogP contribution in [0.1, 0.15) is 18.5 Å². The van der Waals surface area contributed by atoms with E-state index in [4.69, 9.17) is 9.47 Å². The van der Waals surface area contributed by atoms with Gasteiger partial charge in [0.1, 0.15) is 0 Å². The van der Waals surface area contributed by atoms with E-state index in [1.165, 1.54) is 10.5 Å². The minimum absolute atomic E-state index is 0.213. The van der Waals surface area contributed by atoms with Gasteiger partial charge in [-0.1, -0.05) is 6.07 Å². The van der Waals surface area contributed by atoms with E-state index in [0.29, 0.717) is 6.79 Å². The van der Waals surface area contributed by atoms with Gasteiger partial charge in [0.15, 0.2) is 11.5 Å². The first-order valence-electron chi connectivity index (χ1n) is 6.56. The van der Waals surface area contributed by atoms with E-state index in [-0.39, 0.29) is 6.04 Å². The van der Waals surface area contributed by atoms with Crippen LogP contribution in [0.5, 0.6) is 11.5 Å². The van der Waals surface area contributed by atoms with E-state index < -0.39 is 0 Å². The van der Waals surface area contributed by atoms with Crippen LogP contribution in [0, 0.1) is 0 Å². The van der Waals surface area contributed by atoms with Crippen LogP contribution in [0.15, 0.2) is 47.4 Å². The lowest BCUT2D eigenvalue weighted by Crippen LogP contribution is -2.06. The topological polar surface area (TPSA) is 30.5 Å². The van der Waals surface area contributed by atoms with Crippen LogP contribution in [-0.4, -0.2) is 13.0 Å². The molecule has 1 heterocycles. The van der Waals surface area contributed by atoms with Crippen molar-refractivity contribution in [3.05, 3.63) is 48.0 Å². The highest BCUT2D eigenvalue weighted by atomic mass is 32.2. The lowest BCUT2D eigenvalue weighted by molar-refractivity contribution is 0.174. The lowest BCUT2D eigenvalue weighted by Gasteiger charge is -2.16. The smallest absolute Gasteiger partial charge is 0.231 e. The van der Waals surface area contributed by atoms with Gasteiger partial charge in [-0.2, -0.15) is 0 Å². The molecule has 0 amide bonds. The van der Waals surface area contributed by atoms with Crippen molar-refractivity contribution >= 4 is 17.4 Å². The summed E-state index contributed by atoms with van der Waals surface area (Å²) in [6, 6.07) is 14.7. The van der Waals surface area contributed by atoms with Gasteiger partial charge < -0.3 is 14.8 Å². The van der Waals surface area contributed by atoms with Crippen LogP contribution in [0.4, 0.5) is 5.69 Å². The molecule has 2 aromatic carbocycles. The standard InChI is InChI=1S/C16H17NO2S/c1-11(17-13-4-6-14(20-2)7-5-13)12-3-8-15-16(9-12)19-10-18-15/h3-9,11,17H,10H2,1-2H3. The van der Waals surface area contributed by atoms with Crippen molar-refractivity contribution in [2.45, 2.75) is 17.9 Å². The molecule has 0 spiro atoms. The minimum Gasteiger partial charge on any atom is -0.454 e. The molecule has 0 saturated heterocycles. The number of fused-ring (bicyclic) bond motifs is 1. The number of thioether (sulfide) groups is 1. The molecule has 1 N–H and O–H groups in total. The van der Waals surface area contributed by atoms with E-state index in [0.717, 1.165) is 17.2 Å². The summed E-state index contributed by atoms with van der Waals surface area (Å²) in [7, 11) is 0. The van der Waals surface area contributed by atoms with Crippen molar-refractivity contribution in [3.63, 3.8) is 0 Å². The van der Waals surface area contributed by atoms with E-state index in [1.807, 2.05) is 12.1 Å². The summed E-state index contributed by atoms with van der Waals surface area (Å²) in [5.74, 6) is 1.65. The Labute approximate surface area is 123 Å². The zero-order valence-corrected chi connectivity index (χ0v) is 12.4. The number of hydrogen-bond donors (Lipinski definition) is 1. The quantitative estimate of drug-likeness (QED) is 0.849. The van der Waals surface area contributed by atoms with Crippen molar-refractivity contribution in [1.29, 1.82) is 0 Å². The summed E-state index contributed by atoms with van der Waals surface area (Å²) < 4.78 is 10.7. The molecule has 1 atom stereocenters. The minimum atomic E-state index is 0.213. The normalized spacial score (nSPS) is 14.1. The van der Waals surface area contributed by atoms with Gasteiger partial charge in [-0.05, 0) is 55.1 Å². The molecule has 0 aromatic heterocycles. The molecule has 4 heteroatoms. The largest absolute Gasteiger partial charge is 0.454 e. The van der Waals surface area contributed by atoms with E-state index in [2.05, 4.69) is 48.8 Å².